The van der Waals surface area contributed by atoms with Crippen molar-refractivity contribution in [2.45, 2.75) is 19.9 Å². The van der Waals surface area contributed by atoms with Crippen LogP contribution in [0.2, 0.25) is 0 Å². The molecular formula is C9H12N2O2. The summed E-state index contributed by atoms with van der Waals surface area (Å²) in [7, 11) is 0. The van der Waals surface area contributed by atoms with Crippen molar-refractivity contribution in [3.8, 4) is 0 Å². The zero-order valence-corrected chi connectivity index (χ0v) is 7.47. The minimum Gasteiger partial charge on any atom is -0.478 e. The molecule has 70 valence electrons. The van der Waals surface area contributed by atoms with E-state index in [-0.39, 0.29) is 0 Å². The summed E-state index contributed by atoms with van der Waals surface area (Å²) >= 11 is 0. The highest BCUT2D eigenvalue weighted by Gasteiger charge is 1.96. The average molecular weight is 180 g/mol. The van der Waals surface area contributed by atoms with E-state index < -0.39 is 5.97 Å². The van der Waals surface area contributed by atoms with Crippen LogP contribution in [0, 0.1) is 0 Å². The van der Waals surface area contributed by atoms with E-state index in [1.807, 2.05) is 17.7 Å². The van der Waals surface area contributed by atoms with E-state index in [4.69, 9.17) is 5.11 Å². The number of carbonyl (C=O) groups is 1. The fraction of sp³-hybridized carbons (Fsp3) is 0.333. The van der Waals surface area contributed by atoms with Gasteiger partial charge in [0.05, 0.1) is 0 Å². The van der Waals surface area contributed by atoms with Crippen LogP contribution in [0.4, 0.5) is 0 Å². The molecule has 0 aromatic carbocycles. The van der Waals surface area contributed by atoms with Crippen molar-refractivity contribution in [3.05, 3.63) is 30.4 Å². The number of rotatable bonds is 4. The summed E-state index contributed by atoms with van der Waals surface area (Å²) in [6.45, 7) is 2.58. The van der Waals surface area contributed by atoms with Crippen molar-refractivity contribution < 1.29 is 9.90 Å². The maximum atomic E-state index is 10.2. The van der Waals surface area contributed by atoms with Crippen LogP contribution in [0.15, 0.2) is 24.5 Å². The van der Waals surface area contributed by atoms with E-state index in [0.717, 1.165) is 18.3 Å². The molecule has 0 bridgehead atoms. The highest BCUT2D eigenvalue weighted by molar-refractivity contribution is 5.79. The number of nitrogens with zero attached hydrogens (tertiary/aromatic N) is 2. The highest BCUT2D eigenvalue weighted by atomic mass is 16.4. The van der Waals surface area contributed by atoms with E-state index in [1.54, 1.807) is 12.3 Å². The molecule has 0 atom stereocenters. The molecule has 0 aliphatic carbocycles. The Bertz CT molecular complexity index is 315. The first-order valence-electron chi connectivity index (χ1n) is 4.13. The van der Waals surface area contributed by atoms with Gasteiger partial charge < -0.3 is 9.67 Å². The molecule has 4 heteroatoms. The Balaban J connectivity index is 2.58. The van der Waals surface area contributed by atoms with E-state index in [2.05, 4.69) is 4.98 Å². The number of hydrogen-bond donors (Lipinski definition) is 1. The predicted molar refractivity (Wildman–Crippen MR) is 48.4 cm³/mol. The van der Waals surface area contributed by atoms with Gasteiger partial charge >= 0.3 is 5.97 Å². The molecule has 1 rings (SSSR count). The van der Waals surface area contributed by atoms with Crippen LogP contribution >= 0.6 is 0 Å². The van der Waals surface area contributed by atoms with Crippen LogP contribution in [0.25, 0.3) is 0 Å². The SMILES string of the molecule is CCc1nccn1CC=CC(=O)O. The molecule has 0 radical (unpaired) electrons. The Kier molecular flexibility index (Phi) is 3.25. The van der Waals surface area contributed by atoms with E-state index >= 15 is 0 Å². The van der Waals surface area contributed by atoms with Gasteiger partial charge in [-0.2, -0.15) is 0 Å². The van der Waals surface area contributed by atoms with E-state index in [9.17, 15) is 4.79 Å². The summed E-state index contributed by atoms with van der Waals surface area (Å²) < 4.78 is 1.92. The zero-order chi connectivity index (χ0) is 9.68. The van der Waals surface area contributed by atoms with Gasteiger partial charge in [0.15, 0.2) is 0 Å². The second-order valence-corrected chi connectivity index (χ2v) is 2.59. The molecule has 0 saturated heterocycles. The summed E-state index contributed by atoms with van der Waals surface area (Å²) in [5, 5.41) is 8.36. The van der Waals surface area contributed by atoms with Gasteiger partial charge in [0.25, 0.3) is 0 Å². The van der Waals surface area contributed by atoms with Crippen molar-refractivity contribution in [1.82, 2.24) is 9.55 Å². The van der Waals surface area contributed by atoms with Crippen LogP contribution in [0.1, 0.15) is 12.7 Å². The quantitative estimate of drug-likeness (QED) is 0.705. The van der Waals surface area contributed by atoms with Crippen molar-refractivity contribution >= 4 is 5.97 Å². The van der Waals surface area contributed by atoms with Crippen LogP contribution in [0.3, 0.4) is 0 Å². The Hall–Kier alpha value is -1.58. The van der Waals surface area contributed by atoms with Gasteiger partial charge in [0.2, 0.25) is 0 Å². The monoisotopic (exact) mass is 180 g/mol. The first-order valence-corrected chi connectivity index (χ1v) is 4.13. The van der Waals surface area contributed by atoms with Gasteiger partial charge in [-0.15, -0.1) is 0 Å². The third kappa shape index (κ3) is 2.74. The number of imidazole rings is 1. The molecule has 0 amide bonds. The van der Waals surface area contributed by atoms with Crippen LogP contribution in [-0.4, -0.2) is 20.6 Å². The fourth-order valence-electron chi connectivity index (χ4n) is 1.09. The van der Waals surface area contributed by atoms with Gasteiger partial charge in [-0.3, -0.25) is 0 Å². The first kappa shape index (κ1) is 9.51. The molecule has 0 unspecified atom stereocenters. The molecule has 0 saturated carbocycles. The lowest BCUT2D eigenvalue weighted by Crippen LogP contribution is -2.00. The first-order chi connectivity index (χ1) is 6.24. The molecule has 0 spiro atoms. The normalized spacial score (nSPS) is 10.8. The minimum atomic E-state index is -0.918. The third-order valence-electron chi connectivity index (χ3n) is 1.68. The number of aryl methyl sites for hydroxylation is 1. The average Bonchev–Trinajstić information content (AvgIpc) is 2.51. The summed E-state index contributed by atoms with van der Waals surface area (Å²) in [5.41, 5.74) is 0. The third-order valence-corrected chi connectivity index (χ3v) is 1.68. The number of hydrogen-bond acceptors (Lipinski definition) is 2. The van der Waals surface area contributed by atoms with E-state index in [1.165, 1.54) is 0 Å². The molecule has 13 heavy (non-hydrogen) atoms. The molecule has 1 aromatic rings. The maximum Gasteiger partial charge on any atom is 0.328 e. The lowest BCUT2D eigenvalue weighted by molar-refractivity contribution is -0.131. The number of carboxylic acid groups (broad SMARTS) is 1. The molecular weight excluding hydrogens is 168 g/mol. The second-order valence-electron chi connectivity index (χ2n) is 2.59. The Labute approximate surface area is 76.5 Å². The van der Waals surface area contributed by atoms with Crippen LogP contribution < -0.4 is 0 Å². The summed E-state index contributed by atoms with van der Waals surface area (Å²) in [6, 6.07) is 0. The van der Waals surface area contributed by atoms with Crippen molar-refractivity contribution in [2.75, 3.05) is 0 Å². The van der Waals surface area contributed by atoms with Gasteiger partial charge in [-0.25, -0.2) is 9.78 Å². The number of aliphatic carboxylic acids is 1. The minimum absolute atomic E-state index is 0.565. The van der Waals surface area contributed by atoms with Crippen molar-refractivity contribution in [3.63, 3.8) is 0 Å². The molecule has 0 aliphatic rings. The fourth-order valence-corrected chi connectivity index (χ4v) is 1.09. The van der Waals surface area contributed by atoms with Crippen LogP contribution in [0.5, 0.6) is 0 Å². The molecule has 0 fully saturated rings. The number of carboxylic acids is 1. The molecule has 1 N–H and O–H groups in total. The van der Waals surface area contributed by atoms with Gasteiger partial charge in [0.1, 0.15) is 5.82 Å². The van der Waals surface area contributed by atoms with Gasteiger partial charge in [-0.05, 0) is 0 Å². The lowest BCUT2D eigenvalue weighted by atomic mass is 10.4. The van der Waals surface area contributed by atoms with Crippen LogP contribution in [-0.2, 0) is 17.8 Å². The molecule has 4 nitrogen and oxygen atoms in total. The van der Waals surface area contributed by atoms with E-state index in [0.29, 0.717) is 6.54 Å². The Morgan fingerprint density at radius 3 is 3.15 bits per heavy atom. The lowest BCUT2D eigenvalue weighted by Gasteiger charge is -2.00. The molecule has 0 aliphatic heterocycles. The predicted octanol–water partition coefficient (Wildman–Crippen LogP) is 1.09. The number of allylic oxidation sites excluding steroid dienone is 1. The Morgan fingerprint density at radius 2 is 2.54 bits per heavy atom. The summed E-state index contributed by atoms with van der Waals surface area (Å²) in [6.07, 6.45) is 7.15. The molecule has 1 aromatic heterocycles. The summed E-state index contributed by atoms with van der Waals surface area (Å²) in [4.78, 5) is 14.3. The van der Waals surface area contributed by atoms with Gasteiger partial charge in [0, 0.05) is 31.4 Å². The zero-order valence-electron chi connectivity index (χ0n) is 7.47. The Morgan fingerprint density at radius 1 is 1.77 bits per heavy atom. The largest absolute Gasteiger partial charge is 0.478 e. The summed E-state index contributed by atoms with van der Waals surface area (Å²) in [5.74, 6) is 0.0493. The topological polar surface area (TPSA) is 55.1 Å². The molecule has 1 heterocycles. The van der Waals surface area contributed by atoms with Crippen molar-refractivity contribution in [1.29, 1.82) is 0 Å². The maximum absolute atomic E-state index is 10.2. The second kappa shape index (κ2) is 4.45. The smallest absolute Gasteiger partial charge is 0.328 e. The number of aromatic nitrogens is 2. The highest BCUT2D eigenvalue weighted by Crippen LogP contribution is 1.98. The van der Waals surface area contributed by atoms with Gasteiger partial charge in [-0.1, -0.05) is 13.0 Å². The standard InChI is InChI=1S/C9H12N2O2/c1-2-8-10-5-7-11(8)6-3-4-9(12)13/h3-5,7H,2,6H2,1H3,(H,12,13). The van der Waals surface area contributed by atoms with Crippen molar-refractivity contribution in [2.24, 2.45) is 0 Å².